The minimum absolute atomic E-state index is 0.114. The molecule has 5 nitrogen and oxygen atoms in total. The second kappa shape index (κ2) is 5.29. The normalized spacial score (nSPS) is 24.9. The van der Waals surface area contributed by atoms with Gasteiger partial charge in [0.15, 0.2) is 0 Å². The Morgan fingerprint density at radius 2 is 1.74 bits per heavy atom. The maximum absolute atomic E-state index is 12.5. The summed E-state index contributed by atoms with van der Waals surface area (Å²) in [5, 5.41) is 8.72. The summed E-state index contributed by atoms with van der Waals surface area (Å²) in [6.07, 6.45) is -0.228. The van der Waals surface area contributed by atoms with Gasteiger partial charge in [-0.25, -0.2) is 8.42 Å². The molecular formula is C13H16N2O3S. The van der Waals surface area contributed by atoms with E-state index in [0.717, 1.165) is 0 Å². The van der Waals surface area contributed by atoms with Crippen LogP contribution >= 0.6 is 0 Å². The third kappa shape index (κ3) is 2.95. The third-order valence-electron chi connectivity index (χ3n) is 3.01. The molecule has 6 heteroatoms. The number of nitriles is 1. The highest BCUT2D eigenvalue weighted by molar-refractivity contribution is 7.89. The molecule has 0 unspecified atom stereocenters. The van der Waals surface area contributed by atoms with Gasteiger partial charge in [-0.05, 0) is 38.1 Å². The average molecular weight is 280 g/mol. The van der Waals surface area contributed by atoms with Gasteiger partial charge >= 0.3 is 0 Å². The number of sulfonamides is 1. The number of hydrogen-bond donors (Lipinski definition) is 0. The van der Waals surface area contributed by atoms with E-state index in [2.05, 4.69) is 0 Å². The van der Waals surface area contributed by atoms with E-state index in [1.807, 2.05) is 19.9 Å². The molecule has 0 bridgehead atoms. The first-order valence-corrected chi connectivity index (χ1v) is 7.53. The van der Waals surface area contributed by atoms with Crippen molar-refractivity contribution in [2.45, 2.75) is 31.0 Å². The van der Waals surface area contributed by atoms with Crippen molar-refractivity contribution in [2.75, 3.05) is 13.1 Å². The zero-order valence-electron chi connectivity index (χ0n) is 10.9. The molecule has 0 amide bonds. The fourth-order valence-corrected chi connectivity index (χ4v) is 3.77. The molecule has 0 saturated carbocycles. The third-order valence-corrected chi connectivity index (χ3v) is 4.85. The maximum atomic E-state index is 12.5. The minimum Gasteiger partial charge on any atom is -0.373 e. The van der Waals surface area contributed by atoms with Crippen LogP contribution in [0.4, 0.5) is 0 Å². The quantitative estimate of drug-likeness (QED) is 0.820. The van der Waals surface area contributed by atoms with E-state index < -0.39 is 10.0 Å². The van der Waals surface area contributed by atoms with Crippen LogP contribution in [-0.4, -0.2) is 38.0 Å². The molecule has 1 aliphatic rings. The number of ether oxygens (including phenoxy) is 1. The van der Waals surface area contributed by atoms with Gasteiger partial charge in [-0.15, -0.1) is 0 Å². The van der Waals surface area contributed by atoms with Gasteiger partial charge in [0.25, 0.3) is 0 Å². The Morgan fingerprint density at radius 1 is 1.21 bits per heavy atom. The Hall–Kier alpha value is -1.42. The molecule has 1 fully saturated rings. The lowest BCUT2D eigenvalue weighted by atomic mass is 10.2. The summed E-state index contributed by atoms with van der Waals surface area (Å²) in [5.74, 6) is 0. The molecule has 1 aliphatic heterocycles. The van der Waals surface area contributed by atoms with Crippen LogP contribution in [0.3, 0.4) is 0 Å². The number of hydrogen-bond acceptors (Lipinski definition) is 4. The summed E-state index contributed by atoms with van der Waals surface area (Å²) in [7, 11) is -3.51. The van der Waals surface area contributed by atoms with E-state index in [9.17, 15) is 8.42 Å². The first-order valence-electron chi connectivity index (χ1n) is 6.09. The minimum atomic E-state index is -3.51. The second-order valence-electron chi connectivity index (χ2n) is 4.72. The number of nitrogens with zero attached hydrogens (tertiary/aromatic N) is 2. The highest BCUT2D eigenvalue weighted by Crippen LogP contribution is 2.21. The van der Waals surface area contributed by atoms with Gasteiger partial charge in [0.1, 0.15) is 0 Å². The Labute approximate surface area is 113 Å². The second-order valence-corrected chi connectivity index (χ2v) is 6.65. The Balaban J connectivity index is 2.28. The largest absolute Gasteiger partial charge is 0.373 e. The Morgan fingerprint density at radius 3 is 2.21 bits per heavy atom. The summed E-state index contributed by atoms with van der Waals surface area (Å²) >= 11 is 0. The molecule has 2 atom stereocenters. The highest BCUT2D eigenvalue weighted by atomic mass is 32.2. The molecular weight excluding hydrogens is 264 g/mol. The van der Waals surface area contributed by atoms with Crippen LogP contribution in [0.25, 0.3) is 0 Å². The summed E-state index contributed by atoms with van der Waals surface area (Å²) in [6, 6.07) is 7.94. The molecule has 19 heavy (non-hydrogen) atoms. The van der Waals surface area contributed by atoms with Crippen molar-refractivity contribution in [2.24, 2.45) is 0 Å². The van der Waals surface area contributed by atoms with Crippen molar-refractivity contribution in [1.82, 2.24) is 4.31 Å². The average Bonchev–Trinajstić information content (AvgIpc) is 2.37. The van der Waals surface area contributed by atoms with Crippen LogP contribution < -0.4 is 0 Å². The number of morpholine rings is 1. The topological polar surface area (TPSA) is 70.4 Å². The van der Waals surface area contributed by atoms with E-state index in [4.69, 9.17) is 10.00 Å². The predicted molar refractivity (Wildman–Crippen MR) is 69.9 cm³/mol. The molecule has 1 saturated heterocycles. The van der Waals surface area contributed by atoms with Gasteiger partial charge in [-0.1, -0.05) is 0 Å². The van der Waals surface area contributed by atoms with Crippen molar-refractivity contribution in [1.29, 1.82) is 5.26 Å². The SMILES string of the molecule is C[C@@H]1CN(S(=O)(=O)c2ccc(C#N)cc2)C[C@H](C)O1. The van der Waals surface area contributed by atoms with Crippen LogP contribution in [-0.2, 0) is 14.8 Å². The molecule has 1 aromatic rings. The lowest BCUT2D eigenvalue weighted by Crippen LogP contribution is -2.48. The molecule has 1 aromatic carbocycles. The van der Waals surface area contributed by atoms with Crippen LogP contribution in [0.2, 0.25) is 0 Å². The molecule has 2 rings (SSSR count). The zero-order valence-corrected chi connectivity index (χ0v) is 11.7. The van der Waals surface area contributed by atoms with Crippen LogP contribution in [0.1, 0.15) is 19.4 Å². The summed E-state index contributed by atoms with van der Waals surface area (Å²) in [6.45, 7) is 4.42. The van der Waals surface area contributed by atoms with Gasteiger partial charge in [0, 0.05) is 13.1 Å². The predicted octanol–water partition coefficient (Wildman–Crippen LogP) is 1.36. The van der Waals surface area contributed by atoms with E-state index in [0.29, 0.717) is 18.7 Å². The number of benzene rings is 1. The van der Waals surface area contributed by atoms with E-state index in [1.165, 1.54) is 28.6 Å². The summed E-state index contributed by atoms with van der Waals surface area (Å²) in [5.41, 5.74) is 0.447. The molecule has 0 aromatic heterocycles. The van der Waals surface area contributed by atoms with Gasteiger partial charge in [0.05, 0.1) is 28.7 Å². The zero-order chi connectivity index (χ0) is 14.0. The molecule has 0 N–H and O–H groups in total. The molecule has 0 radical (unpaired) electrons. The van der Waals surface area contributed by atoms with Crippen LogP contribution in [0.15, 0.2) is 29.2 Å². The molecule has 0 aliphatic carbocycles. The van der Waals surface area contributed by atoms with E-state index >= 15 is 0 Å². The van der Waals surface area contributed by atoms with Crippen molar-refractivity contribution in [3.8, 4) is 6.07 Å². The monoisotopic (exact) mass is 280 g/mol. The fourth-order valence-electron chi connectivity index (χ4n) is 2.18. The maximum Gasteiger partial charge on any atom is 0.243 e. The molecule has 1 heterocycles. The Bertz CT molecular complexity index is 579. The number of rotatable bonds is 2. The van der Waals surface area contributed by atoms with Crippen molar-refractivity contribution < 1.29 is 13.2 Å². The Kier molecular flexibility index (Phi) is 3.90. The summed E-state index contributed by atoms with van der Waals surface area (Å²) < 4.78 is 31.9. The van der Waals surface area contributed by atoms with Crippen LogP contribution in [0, 0.1) is 11.3 Å². The van der Waals surface area contributed by atoms with Crippen molar-refractivity contribution >= 4 is 10.0 Å². The first-order chi connectivity index (χ1) is 8.93. The van der Waals surface area contributed by atoms with Gasteiger partial charge in [0.2, 0.25) is 10.0 Å². The smallest absolute Gasteiger partial charge is 0.243 e. The molecule has 102 valence electrons. The highest BCUT2D eigenvalue weighted by Gasteiger charge is 2.31. The van der Waals surface area contributed by atoms with Crippen molar-refractivity contribution in [3.05, 3.63) is 29.8 Å². The van der Waals surface area contributed by atoms with E-state index in [-0.39, 0.29) is 17.1 Å². The molecule has 0 spiro atoms. The first kappa shape index (κ1) is 14.0. The lowest BCUT2D eigenvalue weighted by Gasteiger charge is -2.34. The van der Waals surface area contributed by atoms with E-state index in [1.54, 1.807) is 0 Å². The van der Waals surface area contributed by atoms with Crippen molar-refractivity contribution in [3.63, 3.8) is 0 Å². The van der Waals surface area contributed by atoms with Crippen LogP contribution in [0.5, 0.6) is 0 Å². The standard InChI is InChI=1S/C13H16N2O3S/c1-10-8-15(9-11(2)18-10)19(16,17)13-5-3-12(7-14)4-6-13/h3-6,10-11H,8-9H2,1-2H3/t10-,11+. The van der Waals surface area contributed by atoms with Gasteiger partial charge in [-0.3, -0.25) is 0 Å². The van der Waals surface area contributed by atoms with Gasteiger partial charge < -0.3 is 4.74 Å². The summed E-state index contributed by atoms with van der Waals surface area (Å²) in [4.78, 5) is 0.216. The fraction of sp³-hybridized carbons (Fsp3) is 0.462. The lowest BCUT2D eigenvalue weighted by molar-refractivity contribution is -0.0440. The van der Waals surface area contributed by atoms with Gasteiger partial charge in [-0.2, -0.15) is 9.57 Å².